The Bertz CT molecular complexity index is 390. The van der Waals surface area contributed by atoms with Gasteiger partial charge in [0, 0.05) is 0 Å². The van der Waals surface area contributed by atoms with Gasteiger partial charge in [-0.25, -0.2) is 0 Å². The van der Waals surface area contributed by atoms with E-state index in [2.05, 4.69) is 19.1 Å². The minimum Gasteiger partial charge on any atom is -0.347 e. The number of ether oxygens (including phenoxy) is 2. The maximum Gasteiger partial charge on any atom is 0.163 e. The molecular formula is C14H21NO2. The first-order chi connectivity index (χ1) is 8.03. The molecule has 2 unspecified atom stereocenters. The van der Waals surface area contributed by atoms with Gasteiger partial charge >= 0.3 is 0 Å². The molecule has 3 nitrogen and oxygen atoms in total. The summed E-state index contributed by atoms with van der Waals surface area (Å²) in [6.07, 6.45) is 0.0233. The second-order valence-corrected chi connectivity index (χ2v) is 5.08. The number of benzene rings is 1. The van der Waals surface area contributed by atoms with E-state index < -0.39 is 5.79 Å². The molecule has 17 heavy (non-hydrogen) atoms. The molecule has 1 fully saturated rings. The summed E-state index contributed by atoms with van der Waals surface area (Å²) >= 11 is 0. The smallest absolute Gasteiger partial charge is 0.163 e. The van der Waals surface area contributed by atoms with Crippen molar-refractivity contribution in [3.05, 3.63) is 35.4 Å². The topological polar surface area (TPSA) is 44.5 Å². The molecule has 1 saturated heterocycles. The van der Waals surface area contributed by atoms with Gasteiger partial charge in [-0.2, -0.15) is 0 Å². The van der Waals surface area contributed by atoms with Crippen molar-refractivity contribution in [2.75, 3.05) is 13.2 Å². The normalized spacial score (nSPS) is 24.8. The van der Waals surface area contributed by atoms with Crippen LogP contribution in [0.2, 0.25) is 0 Å². The molecule has 0 amide bonds. The minimum atomic E-state index is -0.482. The Hall–Kier alpha value is -0.900. The lowest BCUT2D eigenvalue weighted by atomic mass is 9.93. The third-order valence-corrected chi connectivity index (χ3v) is 3.24. The summed E-state index contributed by atoms with van der Waals surface area (Å²) in [6, 6.07) is 8.32. The molecule has 0 spiro atoms. The summed E-state index contributed by atoms with van der Waals surface area (Å²) in [6.45, 7) is 7.29. The predicted molar refractivity (Wildman–Crippen MR) is 67.8 cm³/mol. The maximum absolute atomic E-state index is 5.91. The summed E-state index contributed by atoms with van der Waals surface area (Å²) in [5.41, 5.74) is 8.22. The molecule has 1 heterocycles. The number of hydrogen-bond donors (Lipinski definition) is 1. The molecule has 0 radical (unpaired) electrons. The standard InChI is InChI=1S/C14H21NO2/c1-10(8-15)11-6-4-5-7-12(11)13-9-16-14(2,3)17-13/h4-7,10,13H,8-9,15H2,1-3H3. The van der Waals surface area contributed by atoms with Crippen LogP contribution in [0.25, 0.3) is 0 Å². The molecule has 1 aliphatic heterocycles. The van der Waals surface area contributed by atoms with Crippen molar-refractivity contribution in [3.63, 3.8) is 0 Å². The number of hydrogen-bond acceptors (Lipinski definition) is 3. The third-order valence-electron chi connectivity index (χ3n) is 3.24. The van der Waals surface area contributed by atoms with Crippen molar-refractivity contribution in [1.29, 1.82) is 0 Å². The molecule has 2 N–H and O–H groups in total. The molecule has 2 rings (SSSR count). The molecule has 1 aromatic rings. The summed E-state index contributed by atoms with van der Waals surface area (Å²) in [7, 11) is 0. The molecule has 0 aliphatic carbocycles. The molecule has 0 aromatic heterocycles. The van der Waals surface area contributed by atoms with E-state index in [1.807, 2.05) is 26.0 Å². The molecule has 94 valence electrons. The van der Waals surface area contributed by atoms with Crippen LogP contribution >= 0.6 is 0 Å². The Kier molecular flexibility index (Phi) is 3.52. The lowest BCUT2D eigenvalue weighted by molar-refractivity contribution is -0.139. The molecule has 1 aromatic carbocycles. The van der Waals surface area contributed by atoms with Gasteiger partial charge in [-0.3, -0.25) is 0 Å². The average molecular weight is 235 g/mol. The van der Waals surface area contributed by atoms with Crippen molar-refractivity contribution < 1.29 is 9.47 Å². The van der Waals surface area contributed by atoms with Gasteiger partial charge in [0.05, 0.1) is 6.61 Å². The van der Waals surface area contributed by atoms with Gasteiger partial charge in [0.2, 0.25) is 0 Å². The van der Waals surface area contributed by atoms with E-state index in [4.69, 9.17) is 15.2 Å². The molecule has 1 aliphatic rings. The van der Waals surface area contributed by atoms with Gasteiger partial charge in [-0.1, -0.05) is 31.2 Å². The van der Waals surface area contributed by atoms with E-state index in [1.165, 1.54) is 11.1 Å². The van der Waals surface area contributed by atoms with Crippen LogP contribution in [0, 0.1) is 0 Å². The van der Waals surface area contributed by atoms with E-state index in [-0.39, 0.29) is 6.10 Å². The van der Waals surface area contributed by atoms with Crippen LogP contribution in [0.15, 0.2) is 24.3 Å². The van der Waals surface area contributed by atoms with Gasteiger partial charge in [-0.05, 0) is 37.4 Å². The molecule has 0 saturated carbocycles. The van der Waals surface area contributed by atoms with E-state index in [0.717, 1.165) is 0 Å². The van der Waals surface area contributed by atoms with E-state index in [0.29, 0.717) is 19.1 Å². The van der Waals surface area contributed by atoms with Gasteiger partial charge in [-0.15, -0.1) is 0 Å². The van der Waals surface area contributed by atoms with Crippen molar-refractivity contribution in [1.82, 2.24) is 0 Å². The van der Waals surface area contributed by atoms with Crippen molar-refractivity contribution in [3.8, 4) is 0 Å². The zero-order valence-corrected chi connectivity index (χ0v) is 10.8. The Balaban J connectivity index is 2.27. The Labute approximate surface area is 103 Å². The zero-order chi connectivity index (χ0) is 12.5. The van der Waals surface area contributed by atoms with Gasteiger partial charge in [0.25, 0.3) is 0 Å². The molecule has 2 atom stereocenters. The highest BCUT2D eigenvalue weighted by Gasteiger charge is 2.34. The first-order valence-electron chi connectivity index (χ1n) is 6.14. The quantitative estimate of drug-likeness (QED) is 0.875. The van der Waals surface area contributed by atoms with E-state index in [1.54, 1.807) is 0 Å². The van der Waals surface area contributed by atoms with Crippen LogP contribution in [0.4, 0.5) is 0 Å². The fraction of sp³-hybridized carbons (Fsp3) is 0.571. The van der Waals surface area contributed by atoms with Crippen LogP contribution < -0.4 is 5.73 Å². The van der Waals surface area contributed by atoms with Crippen LogP contribution in [0.5, 0.6) is 0 Å². The van der Waals surface area contributed by atoms with Crippen molar-refractivity contribution in [2.45, 2.75) is 38.6 Å². The number of nitrogens with two attached hydrogens (primary N) is 1. The van der Waals surface area contributed by atoms with Gasteiger partial charge < -0.3 is 15.2 Å². The average Bonchev–Trinajstić information content (AvgIpc) is 2.68. The highest BCUT2D eigenvalue weighted by molar-refractivity contribution is 5.32. The molecule has 3 heteroatoms. The fourth-order valence-electron chi connectivity index (χ4n) is 2.22. The Morgan fingerprint density at radius 3 is 2.71 bits per heavy atom. The Morgan fingerprint density at radius 2 is 2.12 bits per heavy atom. The molecular weight excluding hydrogens is 214 g/mol. The van der Waals surface area contributed by atoms with Gasteiger partial charge in [0.15, 0.2) is 5.79 Å². The SMILES string of the molecule is CC(CN)c1ccccc1C1COC(C)(C)O1. The monoisotopic (exact) mass is 235 g/mol. The van der Waals surface area contributed by atoms with E-state index >= 15 is 0 Å². The maximum atomic E-state index is 5.91. The zero-order valence-electron chi connectivity index (χ0n) is 10.8. The van der Waals surface area contributed by atoms with Gasteiger partial charge in [0.1, 0.15) is 6.10 Å². The van der Waals surface area contributed by atoms with Crippen LogP contribution in [0.3, 0.4) is 0 Å². The predicted octanol–water partition coefficient (Wildman–Crippen LogP) is 2.57. The summed E-state index contributed by atoms with van der Waals surface area (Å²) in [5.74, 6) is -0.137. The summed E-state index contributed by atoms with van der Waals surface area (Å²) in [4.78, 5) is 0. The Morgan fingerprint density at radius 1 is 1.41 bits per heavy atom. The summed E-state index contributed by atoms with van der Waals surface area (Å²) in [5, 5.41) is 0. The molecule has 0 bridgehead atoms. The summed E-state index contributed by atoms with van der Waals surface area (Å²) < 4.78 is 11.5. The van der Waals surface area contributed by atoms with Crippen LogP contribution in [0.1, 0.15) is 43.9 Å². The lowest BCUT2D eigenvalue weighted by Gasteiger charge is -2.20. The van der Waals surface area contributed by atoms with Crippen LogP contribution in [-0.2, 0) is 9.47 Å². The lowest BCUT2D eigenvalue weighted by Crippen LogP contribution is -2.20. The van der Waals surface area contributed by atoms with E-state index in [9.17, 15) is 0 Å². The number of rotatable bonds is 3. The second kappa shape index (κ2) is 4.77. The highest BCUT2D eigenvalue weighted by atomic mass is 16.7. The third kappa shape index (κ3) is 2.68. The largest absolute Gasteiger partial charge is 0.347 e. The van der Waals surface area contributed by atoms with Crippen molar-refractivity contribution in [2.24, 2.45) is 5.73 Å². The first-order valence-corrected chi connectivity index (χ1v) is 6.14. The minimum absolute atomic E-state index is 0.0233. The van der Waals surface area contributed by atoms with Crippen LogP contribution in [-0.4, -0.2) is 18.9 Å². The fourth-order valence-corrected chi connectivity index (χ4v) is 2.22. The first kappa shape index (κ1) is 12.6. The second-order valence-electron chi connectivity index (χ2n) is 5.08. The highest BCUT2D eigenvalue weighted by Crippen LogP contribution is 2.36. The van der Waals surface area contributed by atoms with Crippen molar-refractivity contribution >= 4 is 0 Å².